The topological polar surface area (TPSA) is 29.5 Å². The molecule has 0 heterocycles. The van der Waals surface area contributed by atoms with E-state index >= 15 is 0 Å². The van der Waals surface area contributed by atoms with Gasteiger partial charge in [-0.2, -0.15) is 0 Å². The number of halogens is 1. The molecule has 0 radical (unpaired) electrons. The number of aliphatic hydroxyl groups is 1. The maximum atomic E-state index is 9.19. The zero-order chi connectivity index (χ0) is 11.3. The Kier molecular flexibility index (Phi) is 4.92. The molecule has 0 unspecified atom stereocenters. The van der Waals surface area contributed by atoms with Crippen LogP contribution in [0.5, 0.6) is 5.75 Å². The number of benzene rings is 1. The van der Waals surface area contributed by atoms with E-state index in [-0.39, 0.29) is 12.7 Å². The molecule has 1 N–H and O–H groups in total. The van der Waals surface area contributed by atoms with Gasteiger partial charge in [-0.15, -0.1) is 0 Å². The van der Waals surface area contributed by atoms with Crippen molar-refractivity contribution in [3.05, 3.63) is 28.8 Å². The molecule has 0 aromatic heterocycles. The molecule has 84 valence electrons. The molecule has 1 rings (SSSR count). The lowest BCUT2D eigenvalue weighted by molar-refractivity contribution is 0.184. The molecule has 0 saturated heterocycles. The van der Waals surface area contributed by atoms with Crippen molar-refractivity contribution in [2.75, 3.05) is 0 Å². The molecule has 3 heteroatoms. The highest BCUT2D eigenvalue weighted by atomic mass is 35.5. The van der Waals surface area contributed by atoms with Crippen LogP contribution < -0.4 is 4.74 Å². The van der Waals surface area contributed by atoms with E-state index in [0.29, 0.717) is 16.3 Å². The highest BCUT2D eigenvalue weighted by molar-refractivity contribution is 6.31. The van der Waals surface area contributed by atoms with Gasteiger partial charge in [-0.3, -0.25) is 0 Å². The summed E-state index contributed by atoms with van der Waals surface area (Å²) in [6, 6.07) is 5.43. The van der Waals surface area contributed by atoms with Gasteiger partial charge in [-0.25, -0.2) is 0 Å². The molecule has 0 bridgehead atoms. The minimum Gasteiger partial charge on any atom is -0.490 e. The Morgan fingerprint density at radius 2 is 2.00 bits per heavy atom. The molecule has 0 amide bonds. The SMILES string of the molecule is CCC(CC)Oc1cccc(Cl)c1CO. The van der Waals surface area contributed by atoms with Gasteiger partial charge in [0.25, 0.3) is 0 Å². The average Bonchev–Trinajstić information content (AvgIpc) is 2.26. The van der Waals surface area contributed by atoms with Gasteiger partial charge in [0, 0.05) is 10.6 Å². The summed E-state index contributed by atoms with van der Waals surface area (Å²) in [5.41, 5.74) is 0.672. The van der Waals surface area contributed by atoms with Gasteiger partial charge >= 0.3 is 0 Å². The van der Waals surface area contributed by atoms with Gasteiger partial charge < -0.3 is 9.84 Å². The standard InChI is InChI=1S/C12H17ClO2/c1-3-9(4-2)15-12-7-5-6-11(13)10(12)8-14/h5-7,9,14H,3-4,8H2,1-2H3. The molecule has 0 atom stereocenters. The highest BCUT2D eigenvalue weighted by Crippen LogP contribution is 2.27. The first kappa shape index (κ1) is 12.3. The lowest BCUT2D eigenvalue weighted by Gasteiger charge is -2.18. The minimum atomic E-state index is -0.0881. The van der Waals surface area contributed by atoms with Crippen LogP contribution in [0.3, 0.4) is 0 Å². The molecule has 0 aliphatic carbocycles. The fraction of sp³-hybridized carbons (Fsp3) is 0.500. The van der Waals surface area contributed by atoms with E-state index in [9.17, 15) is 5.11 Å². The van der Waals surface area contributed by atoms with Crippen LogP contribution in [0, 0.1) is 0 Å². The fourth-order valence-electron chi connectivity index (χ4n) is 1.44. The second-order valence-corrected chi connectivity index (χ2v) is 3.84. The lowest BCUT2D eigenvalue weighted by Crippen LogP contribution is -2.14. The van der Waals surface area contributed by atoms with Gasteiger partial charge in [0.2, 0.25) is 0 Å². The lowest BCUT2D eigenvalue weighted by atomic mass is 10.2. The van der Waals surface area contributed by atoms with E-state index in [1.807, 2.05) is 12.1 Å². The van der Waals surface area contributed by atoms with Crippen LogP contribution >= 0.6 is 11.6 Å². The molecular formula is C12H17ClO2. The number of rotatable bonds is 5. The van der Waals surface area contributed by atoms with Crippen molar-refractivity contribution in [3.63, 3.8) is 0 Å². The zero-order valence-electron chi connectivity index (χ0n) is 9.16. The van der Waals surface area contributed by atoms with Crippen LogP contribution in [0.15, 0.2) is 18.2 Å². The quantitative estimate of drug-likeness (QED) is 0.837. The van der Waals surface area contributed by atoms with Crippen molar-refractivity contribution in [1.29, 1.82) is 0 Å². The van der Waals surface area contributed by atoms with Crippen molar-refractivity contribution in [1.82, 2.24) is 0 Å². The Morgan fingerprint density at radius 3 is 2.53 bits per heavy atom. The Hall–Kier alpha value is -0.730. The maximum Gasteiger partial charge on any atom is 0.126 e. The van der Waals surface area contributed by atoms with Crippen LogP contribution in [0.25, 0.3) is 0 Å². The summed E-state index contributed by atoms with van der Waals surface area (Å²) in [4.78, 5) is 0. The monoisotopic (exact) mass is 228 g/mol. The molecule has 0 aliphatic heterocycles. The second kappa shape index (κ2) is 5.99. The van der Waals surface area contributed by atoms with E-state index in [1.54, 1.807) is 6.07 Å². The number of ether oxygens (including phenoxy) is 1. The van der Waals surface area contributed by atoms with E-state index in [2.05, 4.69) is 13.8 Å². The number of hydrogen-bond acceptors (Lipinski definition) is 2. The van der Waals surface area contributed by atoms with E-state index < -0.39 is 0 Å². The number of aliphatic hydroxyl groups excluding tert-OH is 1. The summed E-state index contributed by atoms with van der Waals surface area (Å²) in [6.07, 6.45) is 2.09. The zero-order valence-corrected chi connectivity index (χ0v) is 9.92. The first-order chi connectivity index (χ1) is 7.22. The second-order valence-electron chi connectivity index (χ2n) is 3.43. The van der Waals surface area contributed by atoms with Crippen LogP contribution in [-0.4, -0.2) is 11.2 Å². The first-order valence-corrected chi connectivity index (χ1v) is 5.65. The molecule has 0 saturated carbocycles. The molecule has 2 nitrogen and oxygen atoms in total. The van der Waals surface area contributed by atoms with Crippen LogP contribution in [0.2, 0.25) is 5.02 Å². The molecule has 0 fully saturated rings. The van der Waals surface area contributed by atoms with E-state index in [4.69, 9.17) is 16.3 Å². The summed E-state index contributed by atoms with van der Waals surface area (Å²) in [7, 11) is 0. The van der Waals surface area contributed by atoms with Crippen molar-refractivity contribution in [2.24, 2.45) is 0 Å². The van der Waals surface area contributed by atoms with Crippen molar-refractivity contribution in [3.8, 4) is 5.75 Å². The van der Waals surface area contributed by atoms with Gasteiger partial charge in [-0.1, -0.05) is 31.5 Å². The molecular weight excluding hydrogens is 212 g/mol. The first-order valence-electron chi connectivity index (χ1n) is 5.27. The van der Waals surface area contributed by atoms with Crippen LogP contribution in [0.1, 0.15) is 32.3 Å². The summed E-state index contributed by atoms with van der Waals surface area (Å²) in [5.74, 6) is 0.693. The van der Waals surface area contributed by atoms with Gasteiger partial charge in [0.1, 0.15) is 5.75 Å². The number of hydrogen-bond donors (Lipinski definition) is 1. The molecule has 1 aromatic carbocycles. The third-order valence-corrected chi connectivity index (χ3v) is 2.79. The minimum absolute atomic E-state index is 0.0881. The van der Waals surface area contributed by atoms with Gasteiger partial charge in [-0.05, 0) is 25.0 Å². The van der Waals surface area contributed by atoms with Crippen LogP contribution in [0.4, 0.5) is 0 Å². The third kappa shape index (κ3) is 3.11. The fourth-order valence-corrected chi connectivity index (χ4v) is 1.66. The average molecular weight is 229 g/mol. The molecule has 0 aliphatic rings. The van der Waals surface area contributed by atoms with Crippen molar-refractivity contribution in [2.45, 2.75) is 39.4 Å². The smallest absolute Gasteiger partial charge is 0.126 e. The van der Waals surface area contributed by atoms with Crippen LogP contribution in [-0.2, 0) is 6.61 Å². The molecule has 15 heavy (non-hydrogen) atoms. The predicted octanol–water partition coefficient (Wildman–Crippen LogP) is 3.40. The Balaban J connectivity index is 2.88. The molecule has 1 aromatic rings. The van der Waals surface area contributed by atoms with E-state index in [0.717, 1.165) is 12.8 Å². The molecule has 0 spiro atoms. The van der Waals surface area contributed by atoms with E-state index in [1.165, 1.54) is 0 Å². The summed E-state index contributed by atoms with van der Waals surface area (Å²) >= 11 is 5.96. The third-order valence-electron chi connectivity index (χ3n) is 2.44. The van der Waals surface area contributed by atoms with Gasteiger partial charge in [0.05, 0.1) is 12.7 Å². The largest absolute Gasteiger partial charge is 0.490 e. The maximum absolute atomic E-state index is 9.19. The van der Waals surface area contributed by atoms with Crippen molar-refractivity contribution >= 4 is 11.6 Å². The Labute approximate surface area is 95.8 Å². The van der Waals surface area contributed by atoms with Gasteiger partial charge in [0.15, 0.2) is 0 Å². The highest BCUT2D eigenvalue weighted by Gasteiger charge is 2.11. The summed E-state index contributed by atoms with van der Waals surface area (Å²) < 4.78 is 5.77. The summed E-state index contributed by atoms with van der Waals surface area (Å²) in [6.45, 7) is 4.07. The summed E-state index contributed by atoms with van der Waals surface area (Å²) in [5, 5.41) is 9.75. The Morgan fingerprint density at radius 1 is 1.33 bits per heavy atom. The predicted molar refractivity (Wildman–Crippen MR) is 62.4 cm³/mol. The normalized spacial score (nSPS) is 10.7. The van der Waals surface area contributed by atoms with Crippen molar-refractivity contribution < 1.29 is 9.84 Å². The Bertz CT molecular complexity index is 308.